The van der Waals surface area contributed by atoms with Gasteiger partial charge in [0.2, 0.25) is 0 Å². The molecule has 0 bridgehead atoms. The molecule has 17 heavy (non-hydrogen) atoms. The molecule has 0 aromatic carbocycles. The molecule has 0 saturated heterocycles. The molecule has 0 aliphatic heterocycles. The molecule has 1 rings (SSSR count). The minimum absolute atomic E-state index is 0.823. The standard InChI is InChI=1S/C16H33N/c1-6-7-17-11-14(4)15(5)16-9-12(2)8-13(3)10-16/h12-17H,6-11H2,1-5H3. The van der Waals surface area contributed by atoms with Crippen LogP contribution in [-0.4, -0.2) is 13.1 Å². The summed E-state index contributed by atoms with van der Waals surface area (Å²) >= 11 is 0. The molecule has 1 N–H and O–H groups in total. The van der Waals surface area contributed by atoms with E-state index in [1.807, 2.05) is 0 Å². The number of hydrogen-bond donors (Lipinski definition) is 1. The van der Waals surface area contributed by atoms with Gasteiger partial charge in [0.25, 0.3) is 0 Å². The van der Waals surface area contributed by atoms with Crippen LogP contribution in [0.4, 0.5) is 0 Å². The maximum Gasteiger partial charge on any atom is -0.00205 e. The van der Waals surface area contributed by atoms with E-state index in [1.165, 1.54) is 38.8 Å². The van der Waals surface area contributed by atoms with Crippen molar-refractivity contribution in [3.63, 3.8) is 0 Å². The van der Waals surface area contributed by atoms with Crippen molar-refractivity contribution in [2.45, 2.75) is 60.3 Å². The van der Waals surface area contributed by atoms with Crippen LogP contribution in [0.1, 0.15) is 60.3 Å². The minimum Gasteiger partial charge on any atom is -0.316 e. The molecule has 1 aliphatic carbocycles. The molecular weight excluding hydrogens is 206 g/mol. The third-order valence-corrected chi connectivity index (χ3v) is 4.75. The second-order valence-corrected chi connectivity index (χ2v) is 6.72. The van der Waals surface area contributed by atoms with Gasteiger partial charge in [0, 0.05) is 0 Å². The Kier molecular flexibility index (Phi) is 6.54. The van der Waals surface area contributed by atoms with E-state index in [-0.39, 0.29) is 0 Å². The first-order valence-electron chi connectivity index (χ1n) is 7.75. The van der Waals surface area contributed by atoms with Crippen LogP contribution < -0.4 is 5.32 Å². The quantitative estimate of drug-likeness (QED) is 0.680. The van der Waals surface area contributed by atoms with E-state index in [2.05, 4.69) is 39.9 Å². The van der Waals surface area contributed by atoms with E-state index in [0.29, 0.717) is 0 Å². The monoisotopic (exact) mass is 239 g/mol. The molecule has 0 heterocycles. The van der Waals surface area contributed by atoms with E-state index in [9.17, 15) is 0 Å². The Balaban J connectivity index is 2.36. The minimum atomic E-state index is 0.823. The van der Waals surface area contributed by atoms with Crippen LogP contribution in [0.5, 0.6) is 0 Å². The fraction of sp³-hybridized carbons (Fsp3) is 1.00. The Labute approximate surface area is 109 Å². The molecule has 0 aromatic rings. The molecule has 0 amide bonds. The lowest BCUT2D eigenvalue weighted by Gasteiger charge is -2.37. The summed E-state index contributed by atoms with van der Waals surface area (Å²) in [5.41, 5.74) is 0. The average molecular weight is 239 g/mol. The smallest absolute Gasteiger partial charge is 0.00205 e. The lowest BCUT2D eigenvalue weighted by atomic mass is 9.69. The molecule has 1 aliphatic rings. The van der Waals surface area contributed by atoms with E-state index < -0.39 is 0 Å². The molecule has 102 valence electrons. The first-order chi connectivity index (χ1) is 8.04. The SMILES string of the molecule is CCCNCC(C)C(C)C1CC(C)CC(C)C1. The van der Waals surface area contributed by atoms with E-state index in [0.717, 1.165) is 29.6 Å². The average Bonchev–Trinajstić information content (AvgIpc) is 2.27. The lowest BCUT2D eigenvalue weighted by Crippen LogP contribution is -2.32. The predicted molar refractivity (Wildman–Crippen MR) is 77.2 cm³/mol. The second kappa shape index (κ2) is 7.41. The van der Waals surface area contributed by atoms with Crippen LogP contribution in [0.3, 0.4) is 0 Å². The van der Waals surface area contributed by atoms with Crippen molar-refractivity contribution in [3.05, 3.63) is 0 Å². The van der Waals surface area contributed by atoms with Crippen molar-refractivity contribution >= 4 is 0 Å². The Morgan fingerprint density at radius 1 is 1.06 bits per heavy atom. The van der Waals surface area contributed by atoms with Gasteiger partial charge in [-0.2, -0.15) is 0 Å². The van der Waals surface area contributed by atoms with Crippen molar-refractivity contribution < 1.29 is 0 Å². The molecule has 1 nitrogen and oxygen atoms in total. The van der Waals surface area contributed by atoms with Gasteiger partial charge < -0.3 is 5.32 Å². The maximum atomic E-state index is 3.58. The molecule has 4 atom stereocenters. The van der Waals surface area contributed by atoms with Gasteiger partial charge in [-0.1, -0.05) is 34.6 Å². The fourth-order valence-corrected chi connectivity index (χ4v) is 3.60. The predicted octanol–water partition coefficient (Wildman–Crippen LogP) is 4.33. The molecule has 4 unspecified atom stereocenters. The van der Waals surface area contributed by atoms with Gasteiger partial charge in [-0.25, -0.2) is 0 Å². The summed E-state index contributed by atoms with van der Waals surface area (Å²) in [6, 6.07) is 0. The molecule has 0 spiro atoms. The highest BCUT2D eigenvalue weighted by molar-refractivity contribution is 4.81. The van der Waals surface area contributed by atoms with Crippen LogP contribution in [0.15, 0.2) is 0 Å². The molecule has 1 fully saturated rings. The summed E-state index contributed by atoms with van der Waals surface area (Å²) in [5, 5.41) is 3.58. The van der Waals surface area contributed by atoms with Gasteiger partial charge in [0.15, 0.2) is 0 Å². The Hall–Kier alpha value is -0.0400. The van der Waals surface area contributed by atoms with Gasteiger partial charge in [-0.15, -0.1) is 0 Å². The molecule has 0 aromatic heterocycles. The Morgan fingerprint density at radius 2 is 1.65 bits per heavy atom. The highest BCUT2D eigenvalue weighted by Gasteiger charge is 2.29. The van der Waals surface area contributed by atoms with Gasteiger partial charge in [-0.3, -0.25) is 0 Å². The van der Waals surface area contributed by atoms with Crippen molar-refractivity contribution in [1.82, 2.24) is 5.32 Å². The van der Waals surface area contributed by atoms with Gasteiger partial charge in [0.05, 0.1) is 0 Å². The zero-order valence-electron chi connectivity index (χ0n) is 12.6. The maximum absolute atomic E-state index is 3.58. The summed E-state index contributed by atoms with van der Waals surface area (Å²) < 4.78 is 0. The topological polar surface area (TPSA) is 12.0 Å². The van der Waals surface area contributed by atoms with Crippen molar-refractivity contribution in [2.24, 2.45) is 29.6 Å². The highest BCUT2D eigenvalue weighted by atomic mass is 14.8. The third-order valence-electron chi connectivity index (χ3n) is 4.75. The van der Waals surface area contributed by atoms with Crippen molar-refractivity contribution in [3.8, 4) is 0 Å². The summed E-state index contributed by atoms with van der Waals surface area (Å²) in [7, 11) is 0. The van der Waals surface area contributed by atoms with E-state index in [4.69, 9.17) is 0 Å². The van der Waals surface area contributed by atoms with Crippen molar-refractivity contribution in [1.29, 1.82) is 0 Å². The normalized spacial score (nSPS) is 33.4. The van der Waals surface area contributed by atoms with Gasteiger partial charge >= 0.3 is 0 Å². The zero-order valence-corrected chi connectivity index (χ0v) is 12.6. The first kappa shape index (κ1) is 15.0. The Bertz CT molecular complexity index is 192. The number of nitrogens with one attached hydrogen (secondary N) is 1. The largest absolute Gasteiger partial charge is 0.316 e. The van der Waals surface area contributed by atoms with Crippen molar-refractivity contribution in [2.75, 3.05) is 13.1 Å². The summed E-state index contributed by atoms with van der Waals surface area (Å²) in [6.45, 7) is 14.4. The molecule has 1 heteroatoms. The number of rotatable bonds is 6. The summed E-state index contributed by atoms with van der Waals surface area (Å²) in [5.74, 6) is 4.56. The van der Waals surface area contributed by atoms with E-state index >= 15 is 0 Å². The second-order valence-electron chi connectivity index (χ2n) is 6.72. The van der Waals surface area contributed by atoms with Crippen LogP contribution in [0, 0.1) is 29.6 Å². The third kappa shape index (κ3) is 4.99. The molecular formula is C16H33N. The zero-order chi connectivity index (χ0) is 12.8. The lowest BCUT2D eigenvalue weighted by molar-refractivity contribution is 0.135. The van der Waals surface area contributed by atoms with Crippen LogP contribution >= 0.6 is 0 Å². The van der Waals surface area contributed by atoms with E-state index in [1.54, 1.807) is 0 Å². The van der Waals surface area contributed by atoms with Gasteiger partial charge in [-0.05, 0) is 68.4 Å². The highest BCUT2D eigenvalue weighted by Crippen LogP contribution is 2.39. The number of hydrogen-bond acceptors (Lipinski definition) is 1. The first-order valence-corrected chi connectivity index (χ1v) is 7.75. The summed E-state index contributed by atoms with van der Waals surface area (Å²) in [6.07, 6.45) is 5.62. The van der Waals surface area contributed by atoms with Crippen LogP contribution in [0.2, 0.25) is 0 Å². The summed E-state index contributed by atoms with van der Waals surface area (Å²) in [4.78, 5) is 0. The molecule has 0 radical (unpaired) electrons. The van der Waals surface area contributed by atoms with Gasteiger partial charge in [0.1, 0.15) is 0 Å². The van der Waals surface area contributed by atoms with Crippen LogP contribution in [0.25, 0.3) is 0 Å². The fourth-order valence-electron chi connectivity index (χ4n) is 3.60. The van der Waals surface area contributed by atoms with Crippen LogP contribution in [-0.2, 0) is 0 Å². The Morgan fingerprint density at radius 3 is 2.18 bits per heavy atom. The molecule has 1 saturated carbocycles.